The maximum atomic E-state index is 9.98. The van der Waals surface area contributed by atoms with Gasteiger partial charge in [-0.3, -0.25) is 0 Å². The third kappa shape index (κ3) is 2.70. The van der Waals surface area contributed by atoms with Gasteiger partial charge in [0, 0.05) is 18.9 Å². The van der Waals surface area contributed by atoms with E-state index in [9.17, 15) is 5.11 Å². The molecule has 3 heteroatoms. The van der Waals surface area contributed by atoms with E-state index in [4.69, 9.17) is 0 Å². The molecule has 2 aromatic rings. The highest BCUT2D eigenvalue weighted by Gasteiger charge is 2.06. The zero-order valence-corrected chi connectivity index (χ0v) is 9.37. The summed E-state index contributed by atoms with van der Waals surface area (Å²) in [5.41, 5.74) is 2.19. The van der Waals surface area contributed by atoms with Crippen molar-refractivity contribution in [2.75, 3.05) is 0 Å². The second-order valence-electron chi connectivity index (χ2n) is 4.02. The molecule has 1 aromatic carbocycles. The van der Waals surface area contributed by atoms with Gasteiger partial charge in [-0.1, -0.05) is 29.8 Å². The van der Waals surface area contributed by atoms with Crippen LogP contribution in [0.25, 0.3) is 0 Å². The molecular weight excluding hydrogens is 200 g/mol. The van der Waals surface area contributed by atoms with Gasteiger partial charge in [0.05, 0.1) is 12.4 Å². The second kappa shape index (κ2) is 4.94. The lowest BCUT2D eigenvalue weighted by Crippen LogP contribution is -2.03. The standard InChI is InChI=1S/C13H16N2O/c1-11-2-4-12(5-3-11)13(16)6-8-15-9-7-14-10-15/h2-5,7,9-10,13,16H,6,8H2,1H3. The monoisotopic (exact) mass is 216 g/mol. The average Bonchev–Trinajstić information content (AvgIpc) is 2.80. The Labute approximate surface area is 95.4 Å². The van der Waals surface area contributed by atoms with Crippen LogP contribution in [0, 0.1) is 6.92 Å². The van der Waals surface area contributed by atoms with Crippen molar-refractivity contribution in [1.29, 1.82) is 0 Å². The summed E-state index contributed by atoms with van der Waals surface area (Å²) in [5.74, 6) is 0. The quantitative estimate of drug-likeness (QED) is 0.851. The highest BCUT2D eigenvalue weighted by atomic mass is 16.3. The SMILES string of the molecule is Cc1ccc(C(O)CCn2ccnc2)cc1. The van der Waals surface area contributed by atoms with E-state index in [1.54, 1.807) is 12.5 Å². The summed E-state index contributed by atoms with van der Waals surface area (Å²) < 4.78 is 1.97. The van der Waals surface area contributed by atoms with Gasteiger partial charge < -0.3 is 9.67 Å². The Balaban J connectivity index is 1.93. The average molecular weight is 216 g/mol. The zero-order valence-electron chi connectivity index (χ0n) is 9.37. The molecule has 3 nitrogen and oxygen atoms in total. The van der Waals surface area contributed by atoms with Crippen molar-refractivity contribution >= 4 is 0 Å². The van der Waals surface area contributed by atoms with Crippen molar-refractivity contribution in [3.8, 4) is 0 Å². The van der Waals surface area contributed by atoms with Crippen LogP contribution in [0.2, 0.25) is 0 Å². The van der Waals surface area contributed by atoms with Crippen LogP contribution in [0.15, 0.2) is 43.0 Å². The molecule has 0 bridgehead atoms. The van der Waals surface area contributed by atoms with Gasteiger partial charge in [-0.15, -0.1) is 0 Å². The maximum absolute atomic E-state index is 9.98. The molecule has 16 heavy (non-hydrogen) atoms. The van der Waals surface area contributed by atoms with Gasteiger partial charge in [0.2, 0.25) is 0 Å². The van der Waals surface area contributed by atoms with Gasteiger partial charge in [0.15, 0.2) is 0 Å². The molecular formula is C13H16N2O. The van der Waals surface area contributed by atoms with Gasteiger partial charge in [-0.05, 0) is 18.9 Å². The number of benzene rings is 1. The number of aliphatic hydroxyl groups excluding tert-OH is 1. The minimum absolute atomic E-state index is 0.400. The fourth-order valence-corrected chi connectivity index (χ4v) is 1.65. The highest BCUT2D eigenvalue weighted by Crippen LogP contribution is 2.17. The Morgan fingerprint density at radius 2 is 2.06 bits per heavy atom. The summed E-state index contributed by atoms with van der Waals surface area (Å²) in [6.45, 7) is 2.83. The molecule has 0 radical (unpaired) electrons. The van der Waals surface area contributed by atoms with E-state index in [1.165, 1.54) is 5.56 Å². The van der Waals surface area contributed by atoms with E-state index < -0.39 is 6.10 Å². The Morgan fingerprint density at radius 1 is 1.31 bits per heavy atom. The van der Waals surface area contributed by atoms with Crippen LogP contribution in [-0.2, 0) is 6.54 Å². The van der Waals surface area contributed by atoms with Crippen LogP contribution in [0.1, 0.15) is 23.7 Å². The molecule has 0 saturated heterocycles. The number of aliphatic hydroxyl groups is 1. The number of hydrogen-bond acceptors (Lipinski definition) is 2. The molecule has 1 atom stereocenters. The summed E-state index contributed by atoms with van der Waals surface area (Å²) >= 11 is 0. The third-order valence-electron chi connectivity index (χ3n) is 2.68. The van der Waals surface area contributed by atoms with Crippen LogP contribution in [0.5, 0.6) is 0 Å². The Hall–Kier alpha value is -1.61. The minimum atomic E-state index is -0.400. The van der Waals surface area contributed by atoms with Crippen molar-refractivity contribution in [2.24, 2.45) is 0 Å². The number of nitrogens with zero attached hydrogens (tertiary/aromatic N) is 2. The van der Waals surface area contributed by atoms with Gasteiger partial charge in [-0.2, -0.15) is 0 Å². The fraction of sp³-hybridized carbons (Fsp3) is 0.308. The van der Waals surface area contributed by atoms with Crippen molar-refractivity contribution in [2.45, 2.75) is 26.0 Å². The smallest absolute Gasteiger partial charge is 0.0945 e. The third-order valence-corrected chi connectivity index (χ3v) is 2.68. The van der Waals surface area contributed by atoms with Crippen LogP contribution in [-0.4, -0.2) is 14.7 Å². The summed E-state index contributed by atoms with van der Waals surface area (Å²) in [4.78, 5) is 3.97. The van der Waals surface area contributed by atoms with Crippen molar-refractivity contribution in [3.05, 3.63) is 54.1 Å². The number of hydrogen-bond donors (Lipinski definition) is 1. The summed E-state index contributed by atoms with van der Waals surface area (Å²) in [7, 11) is 0. The molecule has 0 amide bonds. The molecule has 1 unspecified atom stereocenters. The number of rotatable bonds is 4. The van der Waals surface area contributed by atoms with Gasteiger partial charge in [0.25, 0.3) is 0 Å². The summed E-state index contributed by atoms with van der Waals surface area (Å²) in [6.07, 6.45) is 5.73. The number of aromatic nitrogens is 2. The first-order valence-corrected chi connectivity index (χ1v) is 5.46. The predicted molar refractivity (Wildman–Crippen MR) is 63.0 cm³/mol. The zero-order chi connectivity index (χ0) is 11.4. The first-order chi connectivity index (χ1) is 7.75. The summed E-state index contributed by atoms with van der Waals surface area (Å²) in [6, 6.07) is 8.01. The van der Waals surface area contributed by atoms with E-state index in [-0.39, 0.29) is 0 Å². The molecule has 0 fully saturated rings. The molecule has 2 rings (SSSR count). The highest BCUT2D eigenvalue weighted by molar-refractivity contribution is 5.22. The lowest BCUT2D eigenvalue weighted by Gasteiger charge is -2.11. The molecule has 0 spiro atoms. The Kier molecular flexibility index (Phi) is 3.37. The van der Waals surface area contributed by atoms with Gasteiger partial charge >= 0.3 is 0 Å². The van der Waals surface area contributed by atoms with Crippen molar-refractivity contribution < 1.29 is 5.11 Å². The first kappa shape index (κ1) is 10.9. The largest absolute Gasteiger partial charge is 0.388 e. The molecule has 84 valence electrons. The van der Waals surface area contributed by atoms with Crippen LogP contribution in [0.4, 0.5) is 0 Å². The Bertz CT molecular complexity index is 420. The van der Waals surface area contributed by atoms with E-state index >= 15 is 0 Å². The maximum Gasteiger partial charge on any atom is 0.0945 e. The normalized spacial score (nSPS) is 12.6. The van der Waals surface area contributed by atoms with Crippen molar-refractivity contribution in [1.82, 2.24) is 9.55 Å². The predicted octanol–water partition coefficient (Wildman–Crippen LogP) is 2.32. The van der Waals surface area contributed by atoms with Crippen LogP contribution in [0.3, 0.4) is 0 Å². The lowest BCUT2D eigenvalue weighted by atomic mass is 10.1. The van der Waals surface area contributed by atoms with E-state index in [2.05, 4.69) is 4.98 Å². The molecule has 0 aliphatic rings. The van der Waals surface area contributed by atoms with Gasteiger partial charge in [-0.25, -0.2) is 4.98 Å². The van der Waals surface area contributed by atoms with Crippen LogP contribution < -0.4 is 0 Å². The molecule has 0 aliphatic heterocycles. The fourth-order valence-electron chi connectivity index (χ4n) is 1.65. The van der Waals surface area contributed by atoms with Crippen LogP contribution >= 0.6 is 0 Å². The number of imidazole rings is 1. The molecule has 1 aromatic heterocycles. The van der Waals surface area contributed by atoms with E-state index in [0.29, 0.717) is 6.42 Å². The minimum Gasteiger partial charge on any atom is -0.388 e. The van der Waals surface area contributed by atoms with E-state index in [0.717, 1.165) is 12.1 Å². The Morgan fingerprint density at radius 3 is 2.69 bits per heavy atom. The molecule has 0 aliphatic carbocycles. The molecule has 1 N–H and O–H groups in total. The molecule has 0 saturated carbocycles. The topological polar surface area (TPSA) is 38.0 Å². The lowest BCUT2D eigenvalue weighted by molar-refractivity contribution is 0.161. The van der Waals surface area contributed by atoms with Crippen molar-refractivity contribution in [3.63, 3.8) is 0 Å². The second-order valence-corrected chi connectivity index (χ2v) is 4.02. The van der Waals surface area contributed by atoms with E-state index in [1.807, 2.05) is 42.0 Å². The summed E-state index contributed by atoms with van der Waals surface area (Å²) in [5, 5.41) is 9.98. The molecule has 1 heterocycles. The van der Waals surface area contributed by atoms with Gasteiger partial charge in [0.1, 0.15) is 0 Å². The first-order valence-electron chi connectivity index (χ1n) is 5.46. The number of aryl methyl sites for hydroxylation is 2.